The van der Waals surface area contributed by atoms with Crippen molar-refractivity contribution < 1.29 is 23.1 Å². The molecule has 1 fully saturated rings. The largest absolute Gasteiger partial charge is 0.446 e. The molecule has 1 saturated carbocycles. The molecule has 2 N–H and O–H groups in total. The van der Waals surface area contributed by atoms with E-state index < -0.39 is 5.51 Å². The van der Waals surface area contributed by atoms with Crippen molar-refractivity contribution in [3.63, 3.8) is 0 Å². The first-order valence-corrected chi connectivity index (χ1v) is 7.48. The second-order valence-electron chi connectivity index (χ2n) is 5.00. The van der Waals surface area contributed by atoms with Gasteiger partial charge in [-0.3, -0.25) is 4.79 Å². The van der Waals surface area contributed by atoms with Gasteiger partial charge in [0.1, 0.15) is 0 Å². The average molecular weight is 319 g/mol. The number of carbonyl (C=O) groups is 1. The summed E-state index contributed by atoms with van der Waals surface area (Å²) in [6.07, 6.45) is 2.57. The Morgan fingerprint density at radius 2 is 1.95 bits per heavy atom. The summed E-state index contributed by atoms with van der Waals surface area (Å²) in [6, 6.07) is 5.27. The van der Waals surface area contributed by atoms with Gasteiger partial charge in [0.25, 0.3) is 5.91 Å². The van der Waals surface area contributed by atoms with Crippen molar-refractivity contribution in [2.24, 2.45) is 5.92 Å². The van der Waals surface area contributed by atoms with Gasteiger partial charge in [-0.05, 0) is 61.2 Å². The SMILES string of the molecule is O=C(N[C@@H](CCO)C1CC1)c1ccc(SC(F)(F)F)cc1. The zero-order valence-corrected chi connectivity index (χ0v) is 12.0. The molecule has 1 atom stereocenters. The molecular formula is C14H16F3NO2S. The van der Waals surface area contributed by atoms with Crippen LogP contribution in [0.2, 0.25) is 0 Å². The summed E-state index contributed by atoms with van der Waals surface area (Å²) >= 11 is -0.207. The van der Waals surface area contributed by atoms with Gasteiger partial charge in [-0.1, -0.05) is 0 Å². The van der Waals surface area contributed by atoms with E-state index in [2.05, 4.69) is 5.32 Å². The van der Waals surface area contributed by atoms with Crippen LogP contribution in [0.5, 0.6) is 0 Å². The first kappa shape index (κ1) is 16.2. The van der Waals surface area contributed by atoms with Crippen molar-refractivity contribution in [3.8, 4) is 0 Å². The third-order valence-electron chi connectivity index (χ3n) is 3.30. The van der Waals surface area contributed by atoms with Gasteiger partial charge in [0.2, 0.25) is 0 Å². The van der Waals surface area contributed by atoms with Crippen molar-refractivity contribution in [1.29, 1.82) is 0 Å². The molecule has 1 aliphatic rings. The number of amides is 1. The lowest BCUT2D eigenvalue weighted by Gasteiger charge is -2.17. The Labute approximate surface area is 124 Å². The zero-order valence-electron chi connectivity index (χ0n) is 11.2. The van der Waals surface area contributed by atoms with Gasteiger partial charge < -0.3 is 10.4 Å². The number of halogens is 3. The Balaban J connectivity index is 1.95. The highest BCUT2D eigenvalue weighted by atomic mass is 32.2. The third-order valence-corrected chi connectivity index (χ3v) is 4.04. The lowest BCUT2D eigenvalue weighted by molar-refractivity contribution is -0.0328. The van der Waals surface area contributed by atoms with Gasteiger partial charge in [-0.2, -0.15) is 13.2 Å². The van der Waals surface area contributed by atoms with Crippen LogP contribution in [0.1, 0.15) is 29.6 Å². The molecular weight excluding hydrogens is 303 g/mol. The van der Waals surface area contributed by atoms with Gasteiger partial charge in [-0.15, -0.1) is 0 Å². The van der Waals surface area contributed by atoms with E-state index >= 15 is 0 Å². The number of carbonyl (C=O) groups excluding carboxylic acids is 1. The minimum Gasteiger partial charge on any atom is -0.396 e. The van der Waals surface area contributed by atoms with Crippen LogP contribution in [0.3, 0.4) is 0 Å². The molecule has 1 amide bonds. The summed E-state index contributed by atoms with van der Waals surface area (Å²) in [6.45, 7) is 0.00259. The van der Waals surface area contributed by atoms with Crippen molar-refractivity contribution in [1.82, 2.24) is 5.32 Å². The standard InChI is InChI=1S/C14H16F3NO2S/c15-14(16,17)21-11-5-3-10(4-6-11)13(20)18-12(7-8-19)9-1-2-9/h3-6,9,12,19H,1-2,7-8H2,(H,18,20)/t12-/m0/s1. The number of alkyl halides is 3. The number of hydrogen-bond donors (Lipinski definition) is 2. The molecule has 1 aliphatic carbocycles. The van der Waals surface area contributed by atoms with Gasteiger partial charge in [0, 0.05) is 23.1 Å². The van der Waals surface area contributed by atoms with E-state index in [0.29, 0.717) is 17.9 Å². The lowest BCUT2D eigenvalue weighted by atomic mass is 10.1. The predicted octanol–water partition coefficient (Wildman–Crippen LogP) is 3.19. The molecule has 0 spiro atoms. The fraction of sp³-hybridized carbons (Fsp3) is 0.500. The number of nitrogens with one attached hydrogen (secondary N) is 1. The molecule has 7 heteroatoms. The highest BCUT2D eigenvalue weighted by Crippen LogP contribution is 2.37. The van der Waals surface area contributed by atoms with E-state index in [4.69, 9.17) is 5.11 Å². The molecule has 0 aliphatic heterocycles. The Kier molecular flexibility index (Phi) is 5.16. The number of hydrogen-bond acceptors (Lipinski definition) is 3. The molecule has 0 unspecified atom stereocenters. The number of aliphatic hydroxyl groups excluding tert-OH is 1. The summed E-state index contributed by atoms with van der Waals surface area (Å²) in [5.41, 5.74) is -4.01. The normalized spacial score (nSPS) is 16.6. The fourth-order valence-corrected chi connectivity index (χ4v) is 2.66. The van der Waals surface area contributed by atoms with E-state index in [1.54, 1.807) is 0 Å². The summed E-state index contributed by atoms with van der Waals surface area (Å²) < 4.78 is 36.6. The van der Waals surface area contributed by atoms with Crippen molar-refractivity contribution in [2.45, 2.75) is 35.7 Å². The highest BCUT2D eigenvalue weighted by Gasteiger charge is 2.32. The summed E-state index contributed by atoms with van der Waals surface area (Å²) in [7, 11) is 0. The fourth-order valence-electron chi connectivity index (χ4n) is 2.12. The molecule has 0 heterocycles. The Morgan fingerprint density at radius 3 is 2.43 bits per heavy atom. The van der Waals surface area contributed by atoms with E-state index in [1.165, 1.54) is 24.3 Å². The first-order chi connectivity index (χ1) is 9.89. The van der Waals surface area contributed by atoms with E-state index in [0.717, 1.165) is 12.8 Å². The monoisotopic (exact) mass is 319 g/mol. The predicted molar refractivity (Wildman–Crippen MR) is 74.0 cm³/mol. The molecule has 0 aromatic heterocycles. The van der Waals surface area contributed by atoms with Crippen LogP contribution in [0.25, 0.3) is 0 Å². The van der Waals surface area contributed by atoms with E-state index in [-0.39, 0.29) is 35.2 Å². The van der Waals surface area contributed by atoms with Crippen molar-refractivity contribution >= 4 is 17.7 Å². The van der Waals surface area contributed by atoms with E-state index in [1.807, 2.05) is 0 Å². The van der Waals surface area contributed by atoms with Crippen molar-refractivity contribution in [3.05, 3.63) is 29.8 Å². The average Bonchev–Trinajstić information content (AvgIpc) is 3.21. The van der Waals surface area contributed by atoms with Gasteiger partial charge in [-0.25, -0.2) is 0 Å². The molecule has 1 aromatic rings. The van der Waals surface area contributed by atoms with Crippen LogP contribution >= 0.6 is 11.8 Å². The Bertz CT molecular complexity index is 486. The minimum atomic E-state index is -4.33. The van der Waals surface area contributed by atoms with Crippen LogP contribution in [-0.4, -0.2) is 29.2 Å². The number of thioether (sulfide) groups is 1. The van der Waals surface area contributed by atoms with Crippen molar-refractivity contribution in [2.75, 3.05) is 6.61 Å². The number of rotatable bonds is 6. The summed E-state index contributed by atoms with van der Waals surface area (Å²) in [4.78, 5) is 12.1. The smallest absolute Gasteiger partial charge is 0.396 e. The Morgan fingerprint density at radius 1 is 1.33 bits per heavy atom. The number of benzene rings is 1. The maximum Gasteiger partial charge on any atom is 0.446 e. The Hall–Kier alpha value is -1.21. The molecule has 0 bridgehead atoms. The van der Waals surface area contributed by atoms with Gasteiger partial charge in [0.15, 0.2) is 0 Å². The van der Waals surface area contributed by atoms with Crippen LogP contribution in [0.15, 0.2) is 29.2 Å². The van der Waals surface area contributed by atoms with Gasteiger partial charge in [0.05, 0.1) is 0 Å². The van der Waals surface area contributed by atoms with Crippen LogP contribution in [0.4, 0.5) is 13.2 Å². The molecule has 21 heavy (non-hydrogen) atoms. The van der Waals surface area contributed by atoms with Crippen LogP contribution < -0.4 is 5.32 Å². The molecule has 2 rings (SSSR count). The number of aliphatic hydroxyl groups is 1. The zero-order chi connectivity index (χ0) is 15.5. The van der Waals surface area contributed by atoms with Gasteiger partial charge >= 0.3 is 5.51 Å². The summed E-state index contributed by atoms with van der Waals surface area (Å²) in [5.74, 6) is 0.0880. The molecule has 116 valence electrons. The highest BCUT2D eigenvalue weighted by molar-refractivity contribution is 8.00. The third kappa shape index (κ3) is 5.24. The quantitative estimate of drug-likeness (QED) is 0.792. The topological polar surface area (TPSA) is 49.3 Å². The maximum absolute atomic E-state index is 12.2. The second-order valence-corrected chi connectivity index (χ2v) is 6.14. The molecule has 3 nitrogen and oxygen atoms in total. The second kappa shape index (κ2) is 6.70. The van der Waals surface area contributed by atoms with Crippen LogP contribution in [-0.2, 0) is 0 Å². The molecule has 0 radical (unpaired) electrons. The maximum atomic E-state index is 12.2. The minimum absolute atomic E-state index is 0.00259. The molecule has 1 aromatic carbocycles. The van der Waals surface area contributed by atoms with Crippen LogP contribution in [0, 0.1) is 5.92 Å². The summed E-state index contributed by atoms with van der Waals surface area (Å²) in [5, 5.41) is 11.8. The first-order valence-electron chi connectivity index (χ1n) is 6.66. The molecule has 0 saturated heterocycles. The lowest BCUT2D eigenvalue weighted by Crippen LogP contribution is -2.37. The van der Waals surface area contributed by atoms with E-state index in [9.17, 15) is 18.0 Å².